The predicted octanol–water partition coefficient (Wildman–Crippen LogP) is 5.16. The molecule has 1 aromatic carbocycles. The molecule has 0 radical (unpaired) electrons. The number of rotatable bonds is 4. The van der Waals surface area contributed by atoms with E-state index in [-0.39, 0.29) is 5.04 Å². The Morgan fingerprint density at radius 2 is 1.58 bits per heavy atom. The van der Waals surface area contributed by atoms with Gasteiger partial charge in [0, 0.05) is 12.1 Å². The zero-order valence-corrected chi connectivity index (χ0v) is 16.9. The zero-order valence-electron chi connectivity index (χ0n) is 15.9. The summed E-state index contributed by atoms with van der Waals surface area (Å²) >= 11 is 0. The minimum atomic E-state index is -2.51. The van der Waals surface area contributed by atoms with Gasteiger partial charge in [-0.1, -0.05) is 76.8 Å². The van der Waals surface area contributed by atoms with Crippen molar-refractivity contribution >= 4 is 13.7 Å². The van der Waals surface area contributed by atoms with Gasteiger partial charge in [-0.2, -0.15) is 0 Å². The maximum atomic E-state index is 7.06. The van der Waals surface area contributed by atoms with Gasteiger partial charge in [0.15, 0.2) is 0 Å². The van der Waals surface area contributed by atoms with Gasteiger partial charge in [0.1, 0.15) is 0 Å². The van der Waals surface area contributed by atoms with Crippen LogP contribution in [0.1, 0.15) is 65.7 Å². The van der Waals surface area contributed by atoms with E-state index < -0.39 is 8.56 Å². The lowest BCUT2D eigenvalue weighted by Crippen LogP contribution is -2.62. The van der Waals surface area contributed by atoms with E-state index in [9.17, 15) is 0 Å². The third-order valence-corrected chi connectivity index (χ3v) is 10.5. The van der Waals surface area contributed by atoms with Crippen LogP contribution >= 0.6 is 0 Å². The summed E-state index contributed by atoms with van der Waals surface area (Å²) in [4.78, 5) is 0. The van der Waals surface area contributed by atoms with Gasteiger partial charge in [0.2, 0.25) is 0 Å². The minimum Gasteiger partial charge on any atom is -0.394 e. The molecule has 1 aromatic rings. The first-order chi connectivity index (χ1) is 11.5. The van der Waals surface area contributed by atoms with E-state index in [0.29, 0.717) is 6.10 Å². The van der Waals surface area contributed by atoms with Crippen molar-refractivity contribution in [1.29, 1.82) is 0 Å². The Bertz CT molecular complexity index is 522. The first-order valence-corrected chi connectivity index (χ1v) is 11.6. The van der Waals surface area contributed by atoms with Crippen molar-refractivity contribution in [3.8, 4) is 0 Å². The van der Waals surface area contributed by atoms with E-state index >= 15 is 0 Å². The molecule has 2 aliphatic carbocycles. The molecule has 3 rings (SSSR count). The van der Waals surface area contributed by atoms with Crippen LogP contribution in [0.15, 0.2) is 30.3 Å². The molecule has 0 amide bonds. The molecule has 2 saturated carbocycles. The second-order valence-corrected chi connectivity index (χ2v) is 12.7. The fourth-order valence-corrected chi connectivity index (χ4v) is 8.70. The predicted molar refractivity (Wildman–Crippen MR) is 103 cm³/mol. The Morgan fingerprint density at radius 3 is 2.25 bits per heavy atom. The van der Waals surface area contributed by atoms with Gasteiger partial charge in [-0.25, -0.2) is 0 Å². The maximum absolute atomic E-state index is 7.06. The fraction of sp³-hybridized carbons (Fsp3) is 0.714. The Labute approximate surface area is 149 Å². The number of fused-ring (bicyclic) bond motifs is 1. The molecule has 0 aromatic heterocycles. The van der Waals surface area contributed by atoms with E-state index in [1.165, 1.54) is 50.1 Å². The lowest BCUT2D eigenvalue weighted by molar-refractivity contribution is 0.00140. The van der Waals surface area contributed by atoms with Crippen molar-refractivity contribution in [2.75, 3.05) is 7.11 Å². The van der Waals surface area contributed by atoms with Gasteiger partial charge in [-0.15, -0.1) is 0 Å². The van der Waals surface area contributed by atoms with Gasteiger partial charge in [0.05, 0.1) is 6.10 Å². The summed E-state index contributed by atoms with van der Waals surface area (Å²) in [5.41, 5.74) is 0. The number of hydrogen-bond donors (Lipinski definition) is 0. The monoisotopic (exact) mass is 346 g/mol. The number of benzene rings is 1. The van der Waals surface area contributed by atoms with Crippen LogP contribution in [0.2, 0.25) is 5.04 Å². The summed E-state index contributed by atoms with van der Waals surface area (Å²) < 4.78 is 13.4. The van der Waals surface area contributed by atoms with E-state index in [0.717, 1.165) is 11.8 Å². The topological polar surface area (TPSA) is 18.5 Å². The summed E-state index contributed by atoms with van der Waals surface area (Å²) in [7, 11) is -0.644. The van der Waals surface area contributed by atoms with Gasteiger partial charge in [-0.05, 0) is 36.3 Å². The van der Waals surface area contributed by atoms with Crippen LogP contribution in [0.5, 0.6) is 0 Å². The molecule has 0 saturated heterocycles. The van der Waals surface area contributed by atoms with E-state index in [1.807, 2.05) is 7.11 Å². The second-order valence-electron chi connectivity index (χ2n) is 8.73. The maximum Gasteiger partial charge on any atom is 0.378 e. The molecule has 2 fully saturated rings. The molecule has 0 N–H and O–H groups in total. The van der Waals surface area contributed by atoms with Crippen LogP contribution in [-0.4, -0.2) is 21.8 Å². The summed E-state index contributed by atoms with van der Waals surface area (Å²) in [5, 5.41) is 1.28. The van der Waals surface area contributed by atoms with Crippen LogP contribution in [-0.2, 0) is 8.85 Å². The Hall–Kier alpha value is -0.643. The zero-order chi connectivity index (χ0) is 17.2. The van der Waals surface area contributed by atoms with Crippen LogP contribution in [0.3, 0.4) is 0 Å². The van der Waals surface area contributed by atoms with Crippen molar-refractivity contribution in [3.63, 3.8) is 0 Å². The highest BCUT2D eigenvalue weighted by molar-refractivity contribution is 6.83. The van der Waals surface area contributed by atoms with Crippen LogP contribution < -0.4 is 5.19 Å². The van der Waals surface area contributed by atoms with E-state index in [2.05, 4.69) is 51.1 Å². The highest BCUT2D eigenvalue weighted by Gasteiger charge is 2.53. The smallest absolute Gasteiger partial charge is 0.378 e. The Balaban J connectivity index is 1.92. The summed E-state index contributed by atoms with van der Waals surface area (Å²) in [6.45, 7) is 6.87. The standard InChI is InChI=1S/C21H34O2Si/c1-21(2,3)24(22-4,18-13-6-5-7-14-18)23-20-16-10-12-17-11-8-9-15-19(17)20/h5-7,13-14,17,19-20H,8-12,15-16H2,1-4H3/t17-,19-,20+,24?/m0/s1. The van der Waals surface area contributed by atoms with Crippen molar-refractivity contribution in [2.45, 2.75) is 76.9 Å². The summed E-state index contributed by atoms with van der Waals surface area (Å²) in [6.07, 6.45) is 9.88. The molecular formula is C21H34O2Si. The molecule has 3 heteroatoms. The Kier molecular flexibility index (Phi) is 5.53. The van der Waals surface area contributed by atoms with Crippen LogP contribution in [0.4, 0.5) is 0 Å². The van der Waals surface area contributed by atoms with Gasteiger partial charge >= 0.3 is 8.56 Å². The van der Waals surface area contributed by atoms with Gasteiger partial charge in [-0.3, -0.25) is 0 Å². The van der Waals surface area contributed by atoms with Crippen molar-refractivity contribution in [2.24, 2.45) is 11.8 Å². The molecule has 0 aliphatic heterocycles. The molecule has 0 bridgehead atoms. The highest BCUT2D eigenvalue weighted by atomic mass is 28.4. The molecule has 2 nitrogen and oxygen atoms in total. The third-order valence-electron chi connectivity index (χ3n) is 6.25. The average Bonchev–Trinajstić information content (AvgIpc) is 2.59. The van der Waals surface area contributed by atoms with Crippen molar-refractivity contribution in [3.05, 3.63) is 30.3 Å². The molecule has 1 unspecified atom stereocenters. The lowest BCUT2D eigenvalue weighted by Gasteiger charge is -2.48. The highest BCUT2D eigenvalue weighted by Crippen LogP contribution is 2.45. The molecular weight excluding hydrogens is 312 g/mol. The second kappa shape index (κ2) is 7.31. The molecule has 134 valence electrons. The molecule has 4 atom stereocenters. The molecule has 0 spiro atoms. The van der Waals surface area contributed by atoms with Crippen LogP contribution in [0.25, 0.3) is 0 Å². The average molecular weight is 347 g/mol. The normalized spacial score (nSPS) is 30.4. The molecule has 24 heavy (non-hydrogen) atoms. The molecule has 0 heterocycles. The minimum absolute atomic E-state index is 0.00468. The quantitative estimate of drug-likeness (QED) is 0.701. The lowest BCUT2D eigenvalue weighted by atomic mass is 9.69. The van der Waals surface area contributed by atoms with Crippen LogP contribution in [0, 0.1) is 11.8 Å². The third kappa shape index (κ3) is 3.36. The molecule has 2 aliphatic rings. The first-order valence-electron chi connectivity index (χ1n) is 9.76. The van der Waals surface area contributed by atoms with Gasteiger partial charge in [0.25, 0.3) is 0 Å². The fourth-order valence-electron chi connectivity index (χ4n) is 5.05. The first kappa shape index (κ1) is 18.2. The SMILES string of the molecule is CO[Si](O[C@@H]1CCC[C@@H]2CCCC[C@@H]21)(c1ccccc1)C(C)(C)C. The largest absolute Gasteiger partial charge is 0.394 e. The van der Waals surface area contributed by atoms with E-state index in [1.54, 1.807) is 0 Å². The van der Waals surface area contributed by atoms with Gasteiger partial charge < -0.3 is 8.85 Å². The number of hydrogen-bond acceptors (Lipinski definition) is 2. The van der Waals surface area contributed by atoms with Crippen molar-refractivity contribution < 1.29 is 8.85 Å². The van der Waals surface area contributed by atoms with E-state index in [4.69, 9.17) is 8.85 Å². The summed E-state index contributed by atoms with van der Waals surface area (Å²) in [5.74, 6) is 1.64. The summed E-state index contributed by atoms with van der Waals surface area (Å²) in [6, 6.07) is 10.7. The van der Waals surface area contributed by atoms with Crippen molar-refractivity contribution in [1.82, 2.24) is 0 Å². The Morgan fingerprint density at radius 1 is 0.917 bits per heavy atom.